The van der Waals surface area contributed by atoms with Gasteiger partial charge in [-0.05, 0) is 44.5 Å². The van der Waals surface area contributed by atoms with Gasteiger partial charge in [0.25, 0.3) is 0 Å². The van der Waals surface area contributed by atoms with Gasteiger partial charge in [0.05, 0.1) is 10.6 Å². The van der Waals surface area contributed by atoms with Crippen molar-refractivity contribution in [2.45, 2.75) is 25.7 Å². The third-order valence-electron chi connectivity index (χ3n) is 4.12. The Kier molecular flexibility index (Phi) is 5.43. The van der Waals surface area contributed by atoms with Crippen molar-refractivity contribution in [3.05, 3.63) is 64.5 Å². The molecule has 0 spiro atoms. The molecule has 0 aliphatic heterocycles. The molecule has 1 heterocycles. The van der Waals surface area contributed by atoms with Crippen LogP contribution in [0.2, 0.25) is 0 Å². The number of thiazole rings is 1. The van der Waals surface area contributed by atoms with E-state index in [-0.39, 0.29) is 4.90 Å². The minimum absolute atomic E-state index is 0.137. The molecule has 1 N–H and O–H groups in total. The molecule has 0 saturated heterocycles. The van der Waals surface area contributed by atoms with Crippen LogP contribution in [-0.4, -0.2) is 25.1 Å². The minimum atomic E-state index is -3.69. The average molecular weight is 401 g/mol. The van der Waals surface area contributed by atoms with Gasteiger partial charge in [0.15, 0.2) is 15.0 Å². The van der Waals surface area contributed by atoms with Crippen molar-refractivity contribution < 1.29 is 13.2 Å². The molecule has 0 aliphatic carbocycles. The second-order valence-electron chi connectivity index (χ2n) is 6.48. The molecule has 7 heteroatoms. The van der Waals surface area contributed by atoms with E-state index < -0.39 is 21.5 Å². The van der Waals surface area contributed by atoms with E-state index >= 15 is 0 Å². The fraction of sp³-hybridized carbons (Fsp3) is 0.200. The molecule has 3 aromatic rings. The van der Waals surface area contributed by atoms with E-state index in [1.165, 1.54) is 23.5 Å². The molecule has 5 nitrogen and oxygen atoms in total. The normalized spacial score (nSPS) is 11.4. The monoisotopic (exact) mass is 400 g/mol. The summed E-state index contributed by atoms with van der Waals surface area (Å²) in [6.07, 6.45) is 0. The van der Waals surface area contributed by atoms with Crippen LogP contribution in [0.3, 0.4) is 0 Å². The Morgan fingerprint density at radius 2 is 1.70 bits per heavy atom. The Morgan fingerprint density at radius 3 is 2.41 bits per heavy atom. The van der Waals surface area contributed by atoms with Gasteiger partial charge in [0.2, 0.25) is 5.91 Å². The molecule has 2 aromatic carbocycles. The number of aryl methyl sites for hydroxylation is 3. The molecule has 0 bridgehead atoms. The van der Waals surface area contributed by atoms with Crippen molar-refractivity contribution in [2.75, 3.05) is 11.1 Å². The van der Waals surface area contributed by atoms with Crippen molar-refractivity contribution in [1.82, 2.24) is 4.98 Å². The number of aromatic nitrogens is 1. The van der Waals surface area contributed by atoms with Crippen molar-refractivity contribution >= 4 is 32.2 Å². The molecule has 0 saturated carbocycles. The van der Waals surface area contributed by atoms with Crippen molar-refractivity contribution in [2.24, 2.45) is 0 Å². The summed E-state index contributed by atoms with van der Waals surface area (Å²) in [5, 5.41) is 4.83. The zero-order valence-corrected chi connectivity index (χ0v) is 16.9. The molecule has 0 fully saturated rings. The van der Waals surface area contributed by atoms with Crippen LogP contribution in [0.5, 0.6) is 0 Å². The maximum absolute atomic E-state index is 12.4. The van der Waals surface area contributed by atoms with E-state index in [2.05, 4.69) is 10.3 Å². The number of rotatable bonds is 5. The summed E-state index contributed by atoms with van der Waals surface area (Å²) in [4.78, 5) is 16.8. The summed E-state index contributed by atoms with van der Waals surface area (Å²) in [6.45, 7) is 5.88. The number of sulfone groups is 1. The van der Waals surface area contributed by atoms with Crippen LogP contribution in [0.25, 0.3) is 11.3 Å². The summed E-state index contributed by atoms with van der Waals surface area (Å²) in [5.41, 5.74) is 4.93. The lowest BCUT2D eigenvalue weighted by molar-refractivity contribution is -0.113. The van der Waals surface area contributed by atoms with Crippen LogP contribution in [0, 0.1) is 20.8 Å². The number of hydrogen-bond acceptors (Lipinski definition) is 5. The Morgan fingerprint density at radius 1 is 1.04 bits per heavy atom. The highest BCUT2D eigenvalue weighted by atomic mass is 32.2. The van der Waals surface area contributed by atoms with Crippen molar-refractivity contribution in [3.63, 3.8) is 0 Å². The van der Waals surface area contributed by atoms with Gasteiger partial charge in [0, 0.05) is 10.9 Å². The fourth-order valence-corrected chi connectivity index (χ4v) is 4.49. The SMILES string of the molecule is Cc1ccc(S(=O)(=O)CC(=O)Nc2nc(-c3cc(C)ccc3C)cs2)cc1. The van der Waals surface area contributed by atoms with E-state index in [0.29, 0.717) is 5.13 Å². The number of nitrogens with zero attached hydrogens (tertiary/aromatic N) is 1. The second kappa shape index (κ2) is 7.62. The first kappa shape index (κ1) is 19.3. The second-order valence-corrected chi connectivity index (χ2v) is 9.32. The Bertz CT molecular complexity index is 1080. The molecule has 140 valence electrons. The highest BCUT2D eigenvalue weighted by Crippen LogP contribution is 2.28. The van der Waals surface area contributed by atoms with Crippen LogP contribution >= 0.6 is 11.3 Å². The summed E-state index contributed by atoms with van der Waals surface area (Å²) in [5.74, 6) is -1.22. The van der Waals surface area contributed by atoms with E-state index in [1.54, 1.807) is 12.1 Å². The van der Waals surface area contributed by atoms with E-state index in [1.807, 2.05) is 44.4 Å². The van der Waals surface area contributed by atoms with Crippen LogP contribution in [0.1, 0.15) is 16.7 Å². The van der Waals surface area contributed by atoms with Crippen LogP contribution in [-0.2, 0) is 14.6 Å². The quantitative estimate of drug-likeness (QED) is 0.698. The predicted molar refractivity (Wildman–Crippen MR) is 109 cm³/mol. The standard InChI is InChI=1S/C20H20N2O3S2/c1-13-5-8-16(9-6-13)27(24,25)12-19(23)22-20-21-18(11-26-20)17-10-14(2)4-7-15(17)3/h4-11H,12H2,1-3H3,(H,21,22,23). The van der Waals surface area contributed by atoms with E-state index in [0.717, 1.165) is 27.9 Å². The molecule has 0 aliphatic rings. The molecular formula is C20H20N2O3S2. The molecule has 1 aromatic heterocycles. The summed E-state index contributed by atoms with van der Waals surface area (Å²) in [7, 11) is -3.69. The van der Waals surface area contributed by atoms with Gasteiger partial charge in [-0.25, -0.2) is 13.4 Å². The number of benzene rings is 2. The van der Waals surface area contributed by atoms with Gasteiger partial charge >= 0.3 is 0 Å². The maximum Gasteiger partial charge on any atom is 0.241 e. The number of carbonyl (C=O) groups excluding carboxylic acids is 1. The van der Waals surface area contributed by atoms with Gasteiger partial charge < -0.3 is 5.32 Å². The van der Waals surface area contributed by atoms with E-state index in [9.17, 15) is 13.2 Å². The maximum atomic E-state index is 12.4. The Hall–Kier alpha value is -2.51. The molecule has 0 atom stereocenters. The molecule has 3 rings (SSSR count). The lowest BCUT2D eigenvalue weighted by Crippen LogP contribution is -2.23. The minimum Gasteiger partial charge on any atom is -0.301 e. The largest absolute Gasteiger partial charge is 0.301 e. The van der Waals surface area contributed by atoms with Crippen LogP contribution < -0.4 is 5.32 Å². The third kappa shape index (κ3) is 4.61. The number of nitrogens with one attached hydrogen (secondary N) is 1. The average Bonchev–Trinajstić information content (AvgIpc) is 3.05. The van der Waals surface area contributed by atoms with Gasteiger partial charge in [-0.2, -0.15) is 0 Å². The molecular weight excluding hydrogens is 380 g/mol. The first-order chi connectivity index (χ1) is 12.7. The Labute approximate surface area is 163 Å². The highest BCUT2D eigenvalue weighted by molar-refractivity contribution is 7.92. The number of carbonyl (C=O) groups is 1. The van der Waals surface area contributed by atoms with Crippen LogP contribution in [0.4, 0.5) is 5.13 Å². The lowest BCUT2D eigenvalue weighted by Gasteiger charge is -2.05. The van der Waals surface area contributed by atoms with Gasteiger partial charge in [0.1, 0.15) is 5.75 Å². The lowest BCUT2D eigenvalue weighted by atomic mass is 10.0. The first-order valence-corrected chi connectivity index (χ1v) is 10.9. The smallest absolute Gasteiger partial charge is 0.241 e. The molecule has 0 radical (unpaired) electrons. The zero-order valence-electron chi connectivity index (χ0n) is 15.3. The number of amides is 1. The third-order valence-corrected chi connectivity index (χ3v) is 6.51. The number of anilines is 1. The van der Waals surface area contributed by atoms with Gasteiger partial charge in [-0.15, -0.1) is 11.3 Å². The van der Waals surface area contributed by atoms with Crippen molar-refractivity contribution in [1.29, 1.82) is 0 Å². The van der Waals surface area contributed by atoms with E-state index in [4.69, 9.17) is 0 Å². The molecule has 1 amide bonds. The van der Waals surface area contributed by atoms with Crippen LogP contribution in [0.15, 0.2) is 52.7 Å². The highest BCUT2D eigenvalue weighted by Gasteiger charge is 2.20. The van der Waals surface area contributed by atoms with Gasteiger partial charge in [-0.3, -0.25) is 4.79 Å². The first-order valence-electron chi connectivity index (χ1n) is 8.37. The number of hydrogen-bond donors (Lipinski definition) is 1. The van der Waals surface area contributed by atoms with Gasteiger partial charge in [-0.1, -0.05) is 35.4 Å². The summed E-state index contributed by atoms with van der Waals surface area (Å²) < 4.78 is 24.8. The summed E-state index contributed by atoms with van der Waals surface area (Å²) in [6, 6.07) is 12.5. The molecule has 27 heavy (non-hydrogen) atoms. The zero-order chi connectivity index (χ0) is 19.6. The van der Waals surface area contributed by atoms with Crippen molar-refractivity contribution in [3.8, 4) is 11.3 Å². The summed E-state index contributed by atoms with van der Waals surface area (Å²) >= 11 is 1.27. The molecule has 0 unspecified atom stereocenters. The topological polar surface area (TPSA) is 76.1 Å². The fourth-order valence-electron chi connectivity index (χ4n) is 2.62. The predicted octanol–water partition coefficient (Wildman–Crippen LogP) is 4.15. The Balaban J connectivity index is 1.73.